The van der Waals surface area contributed by atoms with Crippen LogP contribution in [0.2, 0.25) is 0 Å². The van der Waals surface area contributed by atoms with Gasteiger partial charge >= 0.3 is 0 Å². The molecule has 0 aliphatic heterocycles. The molecule has 2 saturated carbocycles. The molecule has 212 valence electrons. The van der Waals surface area contributed by atoms with Crippen molar-refractivity contribution in [3.8, 4) is 6.07 Å². The maximum absolute atomic E-state index is 9.92. The van der Waals surface area contributed by atoms with Gasteiger partial charge < -0.3 is 0 Å². The fraction of sp³-hybridized carbons (Fsp3) is 0.526. The quantitative estimate of drug-likeness (QED) is 0.151. The first kappa shape index (κ1) is 30.0. The molecule has 40 heavy (non-hydrogen) atoms. The number of hydrogen-bond acceptors (Lipinski definition) is 2. The summed E-state index contributed by atoms with van der Waals surface area (Å²) in [6, 6.07) is 16.2. The van der Waals surface area contributed by atoms with Crippen LogP contribution >= 0.6 is 0 Å². The molecule has 0 unspecified atom stereocenters. The van der Waals surface area contributed by atoms with E-state index < -0.39 is 0 Å². The van der Waals surface area contributed by atoms with Gasteiger partial charge in [0.25, 0.3) is 0 Å². The second-order valence-electron chi connectivity index (χ2n) is 12.2. The normalized spacial score (nSPS) is 23.4. The van der Waals surface area contributed by atoms with Gasteiger partial charge in [-0.15, -0.1) is 0 Å². The molecule has 0 N–H and O–H groups in total. The smallest absolute Gasteiger partial charge is 0.102 e. The Morgan fingerprint density at radius 2 is 1.48 bits per heavy atom. The van der Waals surface area contributed by atoms with Crippen molar-refractivity contribution in [3.05, 3.63) is 82.4 Å². The molecule has 0 radical (unpaired) electrons. The lowest BCUT2D eigenvalue weighted by Crippen LogP contribution is -2.14. The molecule has 2 aliphatic carbocycles. The SMILES string of the molecule is C=Nc1c(C2CCC(/C=C/C3CCC(c4ccc(/C=C/CCC)cc4)CC3)CC2)ccc(CCCCC)c1C#N. The van der Waals surface area contributed by atoms with Crippen LogP contribution in [0.25, 0.3) is 6.08 Å². The van der Waals surface area contributed by atoms with E-state index in [4.69, 9.17) is 0 Å². The lowest BCUT2D eigenvalue weighted by atomic mass is 9.75. The van der Waals surface area contributed by atoms with Gasteiger partial charge in [-0.05, 0) is 123 Å². The van der Waals surface area contributed by atoms with E-state index in [-0.39, 0.29) is 0 Å². The Labute approximate surface area is 244 Å². The van der Waals surface area contributed by atoms with Gasteiger partial charge in [0.15, 0.2) is 0 Å². The molecule has 2 nitrogen and oxygen atoms in total. The molecular formula is C38H50N2. The van der Waals surface area contributed by atoms with Crippen molar-refractivity contribution in [2.75, 3.05) is 0 Å². The number of hydrogen-bond donors (Lipinski definition) is 0. The lowest BCUT2D eigenvalue weighted by molar-refractivity contribution is 0.361. The number of unbranched alkanes of at least 4 members (excludes halogenated alkanes) is 3. The molecular weight excluding hydrogens is 484 g/mol. The van der Waals surface area contributed by atoms with Crippen molar-refractivity contribution in [2.24, 2.45) is 16.8 Å². The Morgan fingerprint density at radius 1 is 0.825 bits per heavy atom. The second-order valence-corrected chi connectivity index (χ2v) is 12.2. The highest BCUT2D eigenvalue weighted by Crippen LogP contribution is 2.43. The summed E-state index contributed by atoms with van der Waals surface area (Å²) in [5, 5.41) is 9.92. The minimum Gasteiger partial charge on any atom is -0.263 e. The first-order valence-electron chi connectivity index (χ1n) is 16.1. The van der Waals surface area contributed by atoms with Crippen LogP contribution in [0, 0.1) is 23.2 Å². The molecule has 0 aromatic heterocycles. The zero-order chi connectivity index (χ0) is 28.2. The lowest BCUT2D eigenvalue weighted by Gasteiger charge is -2.30. The summed E-state index contributed by atoms with van der Waals surface area (Å²) in [7, 11) is 0. The van der Waals surface area contributed by atoms with Gasteiger partial charge in [-0.2, -0.15) is 5.26 Å². The van der Waals surface area contributed by atoms with Crippen molar-refractivity contribution >= 4 is 18.5 Å². The molecule has 2 aromatic carbocycles. The van der Waals surface area contributed by atoms with Gasteiger partial charge in [-0.1, -0.05) is 93.8 Å². The van der Waals surface area contributed by atoms with Crippen LogP contribution in [0.4, 0.5) is 5.69 Å². The summed E-state index contributed by atoms with van der Waals surface area (Å²) in [6.07, 6.45) is 26.5. The molecule has 0 saturated heterocycles. The maximum Gasteiger partial charge on any atom is 0.102 e. The molecule has 0 amide bonds. The van der Waals surface area contributed by atoms with E-state index >= 15 is 0 Å². The molecule has 2 aromatic rings. The van der Waals surface area contributed by atoms with E-state index in [0.29, 0.717) is 11.8 Å². The fourth-order valence-corrected chi connectivity index (χ4v) is 6.89. The zero-order valence-corrected chi connectivity index (χ0v) is 25.1. The number of aryl methyl sites for hydroxylation is 1. The predicted octanol–water partition coefficient (Wildman–Crippen LogP) is 11.2. The molecule has 0 bridgehead atoms. The van der Waals surface area contributed by atoms with Gasteiger partial charge in [-0.25, -0.2) is 0 Å². The Morgan fingerprint density at radius 3 is 2.05 bits per heavy atom. The summed E-state index contributed by atoms with van der Waals surface area (Å²) >= 11 is 0. The van der Waals surface area contributed by atoms with Gasteiger partial charge in [0.05, 0.1) is 11.3 Å². The van der Waals surface area contributed by atoms with Gasteiger partial charge in [0.2, 0.25) is 0 Å². The van der Waals surface area contributed by atoms with Gasteiger partial charge in [0.1, 0.15) is 6.07 Å². The van der Waals surface area contributed by atoms with Crippen LogP contribution in [0.3, 0.4) is 0 Å². The average molecular weight is 535 g/mol. The third-order valence-electron chi connectivity index (χ3n) is 9.43. The summed E-state index contributed by atoms with van der Waals surface area (Å²) in [5.74, 6) is 2.63. The summed E-state index contributed by atoms with van der Waals surface area (Å²) < 4.78 is 0. The minimum atomic E-state index is 0.492. The van der Waals surface area contributed by atoms with Crippen LogP contribution in [0.1, 0.15) is 137 Å². The Hall–Kier alpha value is -2.92. The average Bonchev–Trinajstić information content (AvgIpc) is 3.01. The number of nitriles is 1. The van der Waals surface area contributed by atoms with Crippen molar-refractivity contribution in [2.45, 2.75) is 116 Å². The number of rotatable bonds is 12. The van der Waals surface area contributed by atoms with Gasteiger partial charge in [-0.3, -0.25) is 4.99 Å². The molecule has 0 heterocycles. The van der Waals surface area contributed by atoms with Crippen LogP contribution < -0.4 is 0 Å². The van der Waals surface area contributed by atoms with E-state index in [2.05, 4.69) is 92.3 Å². The van der Waals surface area contributed by atoms with E-state index in [1.54, 1.807) is 0 Å². The highest BCUT2D eigenvalue weighted by Gasteiger charge is 2.26. The highest BCUT2D eigenvalue weighted by atomic mass is 14.7. The number of allylic oxidation sites excluding steroid dienone is 3. The van der Waals surface area contributed by atoms with E-state index in [1.165, 1.54) is 87.3 Å². The Kier molecular flexibility index (Phi) is 11.8. The van der Waals surface area contributed by atoms with Crippen LogP contribution in [-0.2, 0) is 6.42 Å². The minimum absolute atomic E-state index is 0.492. The molecule has 4 rings (SSSR count). The van der Waals surface area contributed by atoms with Gasteiger partial charge in [0, 0.05) is 0 Å². The van der Waals surface area contributed by atoms with E-state index in [1.807, 2.05) is 0 Å². The number of aliphatic imine (C=N–C) groups is 1. The summed E-state index contributed by atoms with van der Waals surface area (Å²) in [6.45, 7) is 8.30. The zero-order valence-electron chi connectivity index (χ0n) is 25.1. The third kappa shape index (κ3) is 8.06. The van der Waals surface area contributed by atoms with Crippen molar-refractivity contribution in [3.63, 3.8) is 0 Å². The second kappa shape index (κ2) is 15.8. The number of benzene rings is 2. The standard InChI is InChI=1S/C38H50N2/c1-4-6-8-10-29-14-20-32(21-15-29)33-22-16-30(17-23-33)12-13-31-18-24-35(25-19-31)36-27-26-34(11-9-7-5-2)37(28-39)38(36)40-3/h8,10,12-15,20-21,26-27,30-31,33,35H,3-7,9,11,16-19,22-25H2,1-2H3/b10-8+,13-12+. The molecule has 0 spiro atoms. The molecule has 2 heteroatoms. The predicted molar refractivity (Wildman–Crippen MR) is 173 cm³/mol. The monoisotopic (exact) mass is 534 g/mol. The highest BCUT2D eigenvalue weighted by molar-refractivity contribution is 5.65. The molecule has 0 atom stereocenters. The van der Waals surface area contributed by atoms with Crippen LogP contribution in [-0.4, -0.2) is 6.72 Å². The Balaban J connectivity index is 1.26. The topological polar surface area (TPSA) is 36.1 Å². The Bertz CT molecular complexity index is 1160. The summed E-state index contributed by atoms with van der Waals surface area (Å²) in [5.41, 5.74) is 6.86. The van der Waals surface area contributed by atoms with Crippen molar-refractivity contribution in [1.29, 1.82) is 5.26 Å². The molecule has 2 aliphatic rings. The van der Waals surface area contributed by atoms with Crippen LogP contribution in [0.15, 0.2) is 59.6 Å². The van der Waals surface area contributed by atoms with Crippen molar-refractivity contribution in [1.82, 2.24) is 0 Å². The van der Waals surface area contributed by atoms with E-state index in [0.717, 1.165) is 47.9 Å². The largest absolute Gasteiger partial charge is 0.263 e. The van der Waals surface area contributed by atoms with Crippen molar-refractivity contribution < 1.29 is 0 Å². The first-order chi connectivity index (χ1) is 19.7. The fourth-order valence-electron chi connectivity index (χ4n) is 6.89. The maximum atomic E-state index is 9.92. The van der Waals surface area contributed by atoms with E-state index in [9.17, 15) is 5.26 Å². The molecule has 2 fully saturated rings. The van der Waals surface area contributed by atoms with Crippen LogP contribution in [0.5, 0.6) is 0 Å². The first-order valence-corrected chi connectivity index (χ1v) is 16.1. The number of nitrogens with zero attached hydrogens (tertiary/aromatic N) is 2. The summed E-state index contributed by atoms with van der Waals surface area (Å²) in [4.78, 5) is 4.38. The third-order valence-corrected chi connectivity index (χ3v) is 9.43.